The van der Waals surface area contributed by atoms with E-state index in [9.17, 15) is 4.79 Å². The summed E-state index contributed by atoms with van der Waals surface area (Å²) in [6.45, 7) is 0.0417. The molecule has 0 aromatic carbocycles. The summed E-state index contributed by atoms with van der Waals surface area (Å²) in [5.74, 6) is -0.822. The van der Waals surface area contributed by atoms with Crippen molar-refractivity contribution in [3.8, 4) is 0 Å². The third-order valence-corrected chi connectivity index (χ3v) is 0.328. The Labute approximate surface area is 84.9 Å². The van der Waals surface area contributed by atoms with E-state index in [0.717, 1.165) is 0 Å². The average Bonchev–Trinajstić information content (AvgIpc) is 1.35. The standard InChI is InChI=1S/C3H7NO2.K/c1-4-2-3(5)6;/h4H,2H2,1H3,(H,5,6);. The summed E-state index contributed by atoms with van der Waals surface area (Å²) < 4.78 is 0. The third kappa shape index (κ3) is 11.0. The number of hydrogen-bond acceptors (Lipinski definition) is 2. The van der Waals surface area contributed by atoms with Crippen molar-refractivity contribution in [2.45, 2.75) is 0 Å². The van der Waals surface area contributed by atoms with Gasteiger partial charge in [-0.1, -0.05) is 0 Å². The largest absolute Gasteiger partial charge is 0.480 e. The first-order valence-electron chi connectivity index (χ1n) is 1.63. The van der Waals surface area contributed by atoms with E-state index in [0.29, 0.717) is 0 Å². The van der Waals surface area contributed by atoms with E-state index in [1.165, 1.54) is 0 Å². The van der Waals surface area contributed by atoms with E-state index in [-0.39, 0.29) is 57.9 Å². The molecule has 0 aliphatic rings. The molecule has 0 atom stereocenters. The van der Waals surface area contributed by atoms with Crippen LogP contribution >= 0.6 is 0 Å². The van der Waals surface area contributed by atoms with Crippen molar-refractivity contribution in [2.75, 3.05) is 13.6 Å². The molecule has 0 aliphatic carbocycles. The molecule has 0 saturated carbocycles. The summed E-state index contributed by atoms with van der Waals surface area (Å²) in [6, 6.07) is 0. The average molecular weight is 128 g/mol. The van der Waals surface area contributed by atoms with Crippen LogP contribution in [0.2, 0.25) is 0 Å². The Morgan fingerprint density at radius 3 is 2.29 bits per heavy atom. The van der Waals surface area contributed by atoms with Crippen LogP contribution in [0.4, 0.5) is 0 Å². The van der Waals surface area contributed by atoms with E-state index in [1.807, 2.05) is 0 Å². The molecule has 0 rings (SSSR count). The van der Waals surface area contributed by atoms with Gasteiger partial charge >= 0.3 is 5.97 Å². The first-order valence-corrected chi connectivity index (χ1v) is 1.63. The number of hydrogen-bond donors (Lipinski definition) is 2. The number of carboxylic acid groups (broad SMARTS) is 1. The summed E-state index contributed by atoms with van der Waals surface area (Å²) >= 11 is 0. The van der Waals surface area contributed by atoms with E-state index >= 15 is 0 Å². The molecular formula is C3H7KNO2. The van der Waals surface area contributed by atoms with Crippen LogP contribution < -0.4 is 5.32 Å². The predicted molar refractivity (Wildman–Crippen MR) is 27.3 cm³/mol. The second-order valence-corrected chi connectivity index (χ2v) is 0.924. The molecule has 0 unspecified atom stereocenters. The molecule has 4 heteroatoms. The van der Waals surface area contributed by atoms with E-state index < -0.39 is 5.97 Å². The molecule has 0 amide bonds. The second-order valence-electron chi connectivity index (χ2n) is 0.924. The predicted octanol–water partition coefficient (Wildman–Crippen LogP) is -1.09. The maximum atomic E-state index is 9.54. The van der Waals surface area contributed by atoms with Crippen molar-refractivity contribution >= 4 is 57.4 Å². The minimum Gasteiger partial charge on any atom is -0.480 e. The van der Waals surface area contributed by atoms with Crippen LogP contribution in [0.25, 0.3) is 0 Å². The number of likely N-dealkylation sites (N-methyl/N-ethyl adjacent to an activating group) is 1. The van der Waals surface area contributed by atoms with Crippen molar-refractivity contribution < 1.29 is 9.90 Å². The number of carboxylic acids is 1. The Morgan fingerprint density at radius 1 is 1.86 bits per heavy atom. The minimum absolute atomic E-state index is 0. The van der Waals surface area contributed by atoms with Gasteiger partial charge in [-0.2, -0.15) is 0 Å². The number of nitrogens with one attached hydrogen (secondary N) is 1. The van der Waals surface area contributed by atoms with Gasteiger partial charge in [-0.15, -0.1) is 0 Å². The van der Waals surface area contributed by atoms with E-state index in [1.54, 1.807) is 7.05 Å². The molecule has 0 bridgehead atoms. The summed E-state index contributed by atoms with van der Waals surface area (Å²) in [7, 11) is 1.59. The Balaban J connectivity index is 0. The van der Waals surface area contributed by atoms with Crippen molar-refractivity contribution in [1.82, 2.24) is 5.32 Å². The van der Waals surface area contributed by atoms with Gasteiger partial charge in [-0.3, -0.25) is 4.79 Å². The molecule has 37 valence electrons. The van der Waals surface area contributed by atoms with Gasteiger partial charge < -0.3 is 10.4 Å². The molecule has 0 fully saturated rings. The molecule has 1 radical (unpaired) electrons. The normalized spacial score (nSPS) is 7.00. The van der Waals surface area contributed by atoms with Gasteiger partial charge in [0.25, 0.3) is 0 Å². The summed E-state index contributed by atoms with van der Waals surface area (Å²) in [5.41, 5.74) is 0. The molecule has 0 heterocycles. The maximum Gasteiger partial charge on any atom is 0.317 e. The van der Waals surface area contributed by atoms with Crippen LogP contribution in [0, 0.1) is 0 Å². The zero-order chi connectivity index (χ0) is 4.99. The zero-order valence-corrected chi connectivity index (χ0v) is 7.69. The summed E-state index contributed by atoms with van der Waals surface area (Å²) in [4.78, 5) is 9.54. The van der Waals surface area contributed by atoms with E-state index in [2.05, 4.69) is 5.32 Å². The van der Waals surface area contributed by atoms with E-state index in [4.69, 9.17) is 5.11 Å². The van der Waals surface area contributed by atoms with Gasteiger partial charge in [0, 0.05) is 51.4 Å². The van der Waals surface area contributed by atoms with Gasteiger partial charge in [0.2, 0.25) is 0 Å². The molecular weight excluding hydrogens is 121 g/mol. The topological polar surface area (TPSA) is 49.3 Å². The molecule has 0 saturated heterocycles. The van der Waals surface area contributed by atoms with Gasteiger partial charge in [-0.05, 0) is 7.05 Å². The monoisotopic (exact) mass is 128 g/mol. The summed E-state index contributed by atoms with van der Waals surface area (Å²) in [5, 5.41) is 10.3. The van der Waals surface area contributed by atoms with Crippen LogP contribution in [-0.2, 0) is 4.79 Å². The Bertz CT molecular complexity index is 56.9. The van der Waals surface area contributed by atoms with Crippen molar-refractivity contribution in [2.24, 2.45) is 0 Å². The van der Waals surface area contributed by atoms with Gasteiger partial charge in [0.05, 0.1) is 6.54 Å². The molecule has 0 aromatic rings. The van der Waals surface area contributed by atoms with Crippen molar-refractivity contribution in [3.05, 3.63) is 0 Å². The van der Waals surface area contributed by atoms with Crippen molar-refractivity contribution in [3.63, 3.8) is 0 Å². The van der Waals surface area contributed by atoms with Crippen LogP contribution in [0.3, 0.4) is 0 Å². The Kier molecular flexibility index (Phi) is 11.0. The van der Waals surface area contributed by atoms with Crippen LogP contribution in [0.5, 0.6) is 0 Å². The molecule has 0 aromatic heterocycles. The Morgan fingerprint density at radius 2 is 2.29 bits per heavy atom. The van der Waals surface area contributed by atoms with Crippen molar-refractivity contribution in [1.29, 1.82) is 0 Å². The van der Waals surface area contributed by atoms with Crippen LogP contribution in [0.1, 0.15) is 0 Å². The Hall–Kier alpha value is 1.07. The second kappa shape index (κ2) is 7.07. The maximum absolute atomic E-state index is 9.54. The van der Waals surface area contributed by atoms with Gasteiger partial charge in [0.1, 0.15) is 0 Å². The molecule has 2 N–H and O–H groups in total. The molecule has 0 aliphatic heterocycles. The fourth-order valence-electron chi connectivity index (χ4n) is 0.151. The minimum atomic E-state index is -0.822. The fourth-order valence-corrected chi connectivity index (χ4v) is 0.151. The molecule has 3 nitrogen and oxygen atoms in total. The first kappa shape index (κ1) is 10.9. The number of aliphatic carboxylic acids is 1. The smallest absolute Gasteiger partial charge is 0.317 e. The third-order valence-electron chi connectivity index (χ3n) is 0.328. The quantitative estimate of drug-likeness (QED) is 0.465. The SMILES string of the molecule is CNCC(=O)O.[K]. The molecule has 0 spiro atoms. The van der Waals surface area contributed by atoms with Gasteiger partial charge in [0.15, 0.2) is 0 Å². The fraction of sp³-hybridized carbons (Fsp3) is 0.667. The van der Waals surface area contributed by atoms with Crippen LogP contribution in [0.15, 0.2) is 0 Å². The molecule has 7 heavy (non-hydrogen) atoms. The summed E-state index contributed by atoms with van der Waals surface area (Å²) in [6.07, 6.45) is 0. The first-order chi connectivity index (χ1) is 2.77. The van der Waals surface area contributed by atoms with Gasteiger partial charge in [-0.25, -0.2) is 0 Å². The number of rotatable bonds is 2. The number of carbonyl (C=O) groups is 1. The zero-order valence-electron chi connectivity index (χ0n) is 4.56. The van der Waals surface area contributed by atoms with Crippen LogP contribution in [-0.4, -0.2) is 76.1 Å².